The number of hydrogen-bond donors (Lipinski definition) is 0. The fourth-order valence-electron chi connectivity index (χ4n) is 2.55. The molecule has 0 aromatic carbocycles. The van der Waals surface area contributed by atoms with Crippen molar-refractivity contribution in [1.82, 2.24) is 0 Å². The summed E-state index contributed by atoms with van der Waals surface area (Å²) in [6, 6.07) is 0. The number of hydrogen-bond acceptors (Lipinski definition) is 3. The van der Waals surface area contributed by atoms with E-state index in [1.54, 1.807) is 21.3 Å². The van der Waals surface area contributed by atoms with Gasteiger partial charge in [-0.2, -0.15) is 0 Å². The van der Waals surface area contributed by atoms with Crippen LogP contribution in [-0.4, -0.2) is 30.1 Å². The molecule has 0 aromatic heterocycles. The van der Waals surface area contributed by atoms with Crippen molar-refractivity contribution >= 4 is 8.80 Å². The molecule has 0 heterocycles. The van der Waals surface area contributed by atoms with Gasteiger partial charge in [0.05, 0.1) is 0 Å². The van der Waals surface area contributed by atoms with Gasteiger partial charge in [-0.1, -0.05) is 6.92 Å². The molecule has 1 unspecified atom stereocenters. The molecule has 1 atom stereocenters. The molecule has 0 bridgehead atoms. The van der Waals surface area contributed by atoms with E-state index in [0.29, 0.717) is 11.5 Å². The van der Waals surface area contributed by atoms with Crippen molar-refractivity contribution in [3.63, 3.8) is 0 Å². The standard InChI is InChI=1S/C11H23O3Si/c1-10(11-8-6-5-7-9-11)15(12-2,13-3)14-4/h5,10-11H,6-9H2,1-4H3. The van der Waals surface area contributed by atoms with Gasteiger partial charge in [-0.3, -0.25) is 0 Å². The van der Waals surface area contributed by atoms with E-state index in [0.717, 1.165) is 0 Å². The van der Waals surface area contributed by atoms with Crippen molar-refractivity contribution in [2.24, 2.45) is 5.92 Å². The Bertz CT molecular complexity index is 168. The van der Waals surface area contributed by atoms with Gasteiger partial charge in [0, 0.05) is 26.9 Å². The van der Waals surface area contributed by atoms with E-state index < -0.39 is 8.80 Å². The van der Waals surface area contributed by atoms with Crippen LogP contribution in [0.25, 0.3) is 0 Å². The van der Waals surface area contributed by atoms with E-state index in [4.69, 9.17) is 13.3 Å². The van der Waals surface area contributed by atoms with Crippen LogP contribution < -0.4 is 0 Å². The van der Waals surface area contributed by atoms with Crippen molar-refractivity contribution in [1.29, 1.82) is 0 Å². The Hall–Kier alpha value is 0.0969. The van der Waals surface area contributed by atoms with Crippen LogP contribution in [0.3, 0.4) is 0 Å². The average molecular weight is 231 g/mol. The Morgan fingerprint density at radius 2 is 1.53 bits per heavy atom. The molecule has 0 aliphatic heterocycles. The maximum absolute atomic E-state index is 5.54. The summed E-state index contributed by atoms with van der Waals surface area (Å²) < 4.78 is 16.6. The molecule has 1 aliphatic rings. The van der Waals surface area contributed by atoms with Crippen LogP contribution in [0.4, 0.5) is 0 Å². The lowest BCUT2D eigenvalue weighted by Gasteiger charge is -2.36. The van der Waals surface area contributed by atoms with Gasteiger partial charge in [-0.25, -0.2) is 0 Å². The molecule has 4 heteroatoms. The van der Waals surface area contributed by atoms with Crippen LogP contribution in [0, 0.1) is 12.3 Å². The second kappa shape index (κ2) is 5.99. The molecule has 0 saturated heterocycles. The van der Waals surface area contributed by atoms with Gasteiger partial charge in [-0.05, 0) is 38.0 Å². The van der Waals surface area contributed by atoms with Crippen LogP contribution >= 0.6 is 0 Å². The van der Waals surface area contributed by atoms with E-state index in [1.165, 1.54) is 25.7 Å². The van der Waals surface area contributed by atoms with Gasteiger partial charge in [-0.15, -0.1) is 0 Å². The summed E-state index contributed by atoms with van der Waals surface area (Å²) in [6.45, 7) is 2.21. The van der Waals surface area contributed by atoms with E-state index in [9.17, 15) is 0 Å². The van der Waals surface area contributed by atoms with Crippen LogP contribution in [0.15, 0.2) is 0 Å². The third-order valence-electron chi connectivity index (χ3n) is 3.60. The van der Waals surface area contributed by atoms with Gasteiger partial charge in [0.1, 0.15) is 0 Å². The summed E-state index contributed by atoms with van der Waals surface area (Å²) in [7, 11) is 2.68. The molecular weight excluding hydrogens is 208 g/mol. The first-order valence-electron chi connectivity index (χ1n) is 5.67. The van der Waals surface area contributed by atoms with Gasteiger partial charge < -0.3 is 13.3 Å². The second-order valence-electron chi connectivity index (χ2n) is 4.21. The van der Waals surface area contributed by atoms with Gasteiger partial charge in [0.25, 0.3) is 0 Å². The van der Waals surface area contributed by atoms with Crippen LogP contribution in [0.5, 0.6) is 0 Å². The molecule has 15 heavy (non-hydrogen) atoms. The molecular formula is C11H23O3Si. The molecule has 0 aromatic rings. The number of rotatable bonds is 5. The highest BCUT2D eigenvalue weighted by atomic mass is 28.4. The zero-order valence-electron chi connectivity index (χ0n) is 10.3. The van der Waals surface area contributed by atoms with Crippen molar-refractivity contribution in [2.45, 2.75) is 38.1 Å². The van der Waals surface area contributed by atoms with Crippen molar-refractivity contribution in [3.8, 4) is 0 Å². The van der Waals surface area contributed by atoms with Crippen LogP contribution in [-0.2, 0) is 13.3 Å². The van der Waals surface area contributed by atoms with Crippen molar-refractivity contribution in [3.05, 3.63) is 6.42 Å². The maximum atomic E-state index is 5.54. The third kappa shape index (κ3) is 2.81. The molecule has 0 spiro atoms. The molecule has 1 aliphatic carbocycles. The first-order valence-corrected chi connectivity index (χ1v) is 7.47. The molecule has 1 radical (unpaired) electrons. The first kappa shape index (κ1) is 13.2. The topological polar surface area (TPSA) is 27.7 Å². The van der Waals surface area contributed by atoms with Crippen molar-refractivity contribution in [2.75, 3.05) is 21.3 Å². The Morgan fingerprint density at radius 1 is 1.07 bits per heavy atom. The van der Waals surface area contributed by atoms with Crippen LogP contribution in [0.2, 0.25) is 5.54 Å². The summed E-state index contributed by atoms with van der Waals surface area (Å²) in [5.41, 5.74) is 0.395. The SMILES string of the molecule is CO[Si](OC)(OC)C(C)C1CC[CH]CC1. The Balaban J connectivity index is 2.65. The molecule has 0 N–H and O–H groups in total. The summed E-state index contributed by atoms with van der Waals surface area (Å²) >= 11 is 0. The predicted octanol–water partition coefficient (Wildman–Crippen LogP) is 2.65. The zero-order valence-corrected chi connectivity index (χ0v) is 11.3. The lowest BCUT2D eigenvalue weighted by molar-refractivity contribution is 0.100. The molecule has 3 nitrogen and oxygen atoms in total. The highest BCUT2D eigenvalue weighted by Gasteiger charge is 2.48. The normalized spacial score (nSPS) is 21.6. The maximum Gasteiger partial charge on any atom is 0.503 e. The Morgan fingerprint density at radius 3 is 1.93 bits per heavy atom. The zero-order chi connectivity index (χ0) is 11.3. The van der Waals surface area contributed by atoms with Crippen molar-refractivity contribution < 1.29 is 13.3 Å². The first-order chi connectivity index (χ1) is 7.20. The third-order valence-corrected chi connectivity index (χ3v) is 6.90. The van der Waals surface area contributed by atoms with Gasteiger partial charge >= 0.3 is 8.80 Å². The quantitative estimate of drug-likeness (QED) is 0.681. The largest absolute Gasteiger partial charge is 0.503 e. The van der Waals surface area contributed by atoms with E-state index >= 15 is 0 Å². The molecule has 0 amide bonds. The van der Waals surface area contributed by atoms with Gasteiger partial charge in [0.15, 0.2) is 0 Å². The molecule has 1 saturated carbocycles. The minimum Gasteiger partial charge on any atom is -0.377 e. The average Bonchev–Trinajstić information content (AvgIpc) is 2.33. The van der Waals surface area contributed by atoms with E-state index in [-0.39, 0.29) is 0 Å². The molecule has 1 rings (SSSR count). The Kier molecular flexibility index (Phi) is 5.25. The highest BCUT2D eigenvalue weighted by molar-refractivity contribution is 6.62. The van der Waals surface area contributed by atoms with E-state index in [2.05, 4.69) is 13.3 Å². The summed E-state index contributed by atoms with van der Waals surface area (Å²) in [5, 5.41) is 0. The fourth-order valence-corrected chi connectivity index (χ4v) is 5.07. The molecule has 1 fully saturated rings. The summed E-state index contributed by atoms with van der Waals surface area (Å²) in [5.74, 6) is 0.682. The van der Waals surface area contributed by atoms with E-state index in [1.807, 2.05) is 0 Å². The fraction of sp³-hybridized carbons (Fsp3) is 0.909. The highest BCUT2D eigenvalue weighted by Crippen LogP contribution is 2.39. The minimum absolute atomic E-state index is 0.395. The lowest BCUT2D eigenvalue weighted by atomic mass is 9.87. The summed E-state index contributed by atoms with van der Waals surface area (Å²) in [6.07, 6.45) is 7.30. The van der Waals surface area contributed by atoms with Gasteiger partial charge in [0.2, 0.25) is 0 Å². The minimum atomic E-state index is -2.42. The predicted molar refractivity (Wildman–Crippen MR) is 62.5 cm³/mol. The van der Waals surface area contributed by atoms with Crippen LogP contribution in [0.1, 0.15) is 32.6 Å². The smallest absolute Gasteiger partial charge is 0.377 e. The lowest BCUT2D eigenvalue weighted by Crippen LogP contribution is -2.49. The second-order valence-corrected chi connectivity index (χ2v) is 7.55. The Labute approximate surface area is 94.5 Å². The summed E-state index contributed by atoms with van der Waals surface area (Å²) in [4.78, 5) is 0. The molecule has 89 valence electrons. The monoisotopic (exact) mass is 231 g/mol.